The van der Waals surface area contributed by atoms with Crippen molar-refractivity contribution in [3.63, 3.8) is 0 Å². The van der Waals surface area contributed by atoms with Gasteiger partial charge in [0.25, 0.3) is 0 Å². The number of carbonyl (C=O) groups excluding carboxylic acids is 1. The van der Waals surface area contributed by atoms with Crippen molar-refractivity contribution < 1.29 is 23.7 Å². The number of guanidine groups is 1. The smallest absolute Gasteiger partial charge is 0.417 e. The molecule has 0 unspecified atom stereocenters. The summed E-state index contributed by atoms with van der Waals surface area (Å²) in [6.07, 6.45) is -1.35. The first-order valence-corrected chi connectivity index (χ1v) is 10.8. The van der Waals surface area contributed by atoms with E-state index in [0.717, 1.165) is 11.6 Å². The van der Waals surface area contributed by atoms with Crippen LogP contribution in [0.4, 0.5) is 20.7 Å². The lowest BCUT2D eigenvalue weighted by molar-refractivity contribution is -0.119. The maximum Gasteiger partial charge on any atom is 0.417 e. The number of amides is 2. The monoisotopic (exact) mass is 546 g/mol. The highest BCUT2D eigenvalue weighted by atomic mass is 79.9. The molecule has 0 atom stereocenters. The number of carboxylic acid groups (broad SMARTS) is 1. The number of nitrogens with two attached hydrogens (primary N) is 1. The molecule has 0 saturated carbocycles. The predicted octanol–water partition coefficient (Wildman–Crippen LogP) is 2.57. The van der Waals surface area contributed by atoms with Crippen molar-refractivity contribution in [2.45, 2.75) is 6.42 Å². The molecule has 0 aliphatic heterocycles. The third kappa shape index (κ3) is 6.83. The van der Waals surface area contributed by atoms with Gasteiger partial charge in [0.1, 0.15) is 5.82 Å². The van der Waals surface area contributed by atoms with E-state index < -0.39 is 17.7 Å². The molecular formula is C21H20BrFN8O4. The molecule has 35 heavy (non-hydrogen) atoms. The number of carbonyl (C=O) groups is 2. The van der Waals surface area contributed by atoms with Crippen molar-refractivity contribution in [1.82, 2.24) is 15.6 Å². The van der Waals surface area contributed by atoms with E-state index in [2.05, 4.69) is 46.5 Å². The lowest BCUT2D eigenvalue weighted by Gasteiger charge is -2.19. The predicted molar refractivity (Wildman–Crippen MR) is 129 cm³/mol. The highest BCUT2D eigenvalue weighted by Gasteiger charge is 2.27. The van der Waals surface area contributed by atoms with Crippen molar-refractivity contribution in [3.8, 4) is 0 Å². The second kappa shape index (κ2) is 11.7. The summed E-state index contributed by atoms with van der Waals surface area (Å²) in [5.74, 6) is -1.56. The highest BCUT2D eigenvalue weighted by molar-refractivity contribution is 9.10. The maximum atomic E-state index is 13.5. The molecule has 1 heterocycles. The summed E-state index contributed by atoms with van der Waals surface area (Å²) in [5.41, 5.74) is 6.38. The first-order valence-electron chi connectivity index (χ1n) is 10.0. The van der Waals surface area contributed by atoms with Crippen molar-refractivity contribution in [3.05, 3.63) is 70.1 Å². The number of anilines is 2. The largest absolute Gasteiger partial charge is 0.464 e. The summed E-state index contributed by atoms with van der Waals surface area (Å²) in [4.78, 5) is 28.4. The van der Waals surface area contributed by atoms with Crippen molar-refractivity contribution in [2.75, 3.05) is 23.3 Å². The molecule has 2 aromatic carbocycles. The molecule has 0 fully saturated rings. The molecule has 14 heteroatoms. The minimum Gasteiger partial charge on any atom is -0.464 e. The Labute approximate surface area is 206 Å². The first kappa shape index (κ1) is 25.3. The highest BCUT2D eigenvalue weighted by Crippen LogP contribution is 2.25. The van der Waals surface area contributed by atoms with Crippen LogP contribution in [0, 0.1) is 11.2 Å². The van der Waals surface area contributed by atoms with Gasteiger partial charge < -0.3 is 16.2 Å². The van der Waals surface area contributed by atoms with E-state index in [4.69, 9.17) is 11.1 Å². The fourth-order valence-electron chi connectivity index (χ4n) is 2.88. The van der Waals surface area contributed by atoms with E-state index in [1.54, 1.807) is 0 Å². The Morgan fingerprint density at radius 3 is 2.66 bits per heavy atom. The quantitative estimate of drug-likeness (QED) is 0.162. The third-order valence-electron chi connectivity index (χ3n) is 4.45. The van der Waals surface area contributed by atoms with Crippen LogP contribution in [-0.4, -0.2) is 52.3 Å². The number of halogens is 2. The summed E-state index contributed by atoms with van der Waals surface area (Å²) in [6, 6.07) is 12.6. The van der Waals surface area contributed by atoms with Crippen LogP contribution in [0.3, 0.4) is 0 Å². The van der Waals surface area contributed by atoms with Crippen LogP contribution in [-0.2, 0) is 11.2 Å². The van der Waals surface area contributed by atoms with Crippen LogP contribution in [0.2, 0.25) is 0 Å². The number of rotatable bonds is 8. The fraction of sp³-hybridized carbons (Fsp3) is 0.143. The van der Waals surface area contributed by atoms with Gasteiger partial charge in [-0.3, -0.25) is 20.5 Å². The number of hydrogen-bond acceptors (Lipinski definition) is 8. The second-order valence-electron chi connectivity index (χ2n) is 6.93. The lowest BCUT2D eigenvalue weighted by atomic mass is 10.1. The SMILES string of the molecule is N=C(c1nonc1NCCN=C(N)NC(=O)Cc1ccccc1)N(C(=O)O)c1ccc(F)c(Br)c1. The number of amidine groups is 1. The fourth-order valence-corrected chi connectivity index (χ4v) is 3.25. The summed E-state index contributed by atoms with van der Waals surface area (Å²) < 4.78 is 18.2. The van der Waals surface area contributed by atoms with Crippen LogP contribution >= 0.6 is 15.9 Å². The van der Waals surface area contributed by atoms with E-state index in [0.29, 0.717) is 4.90 Å². The molecule has 0 bridgehead atoms. The Bertz CT molecular complexity index is 1250. The molecule has 0 saturated heterocycles. The van der Waals surface area contributed by atoms with Gasteiger partial charge >= 0.3 is 6.09 Å². The zero-order chi connectivity index (χ0) is 25.4. The average Bonchev–Trinajstić information content (AvgIpc) is 3.28. The summed E-state index contributed by atoms with van der Waals surface area (Å²) in [6.45, 7) is 0.267. The molecule has 182 valence electrons. The Morgan fingerprint density at radius 2 is 1.97 bits per heavy atom. The number of hydrogen-bond donors (Lipinski definition) is 5. The van der Waals surface area contributed by atoms with Crippen LogP contribution < -0.4 is 21.3 Å². The zero-order valence-electron chi connectivity index (χ0n) is 18.0. The number of nitrogens with zero attached hydrogens (tertiary/aromatic N) is 4. The molecule has 0 aliphatic carbocycles. The molecule has 12 nitrogen and oxygen atoms in total. The Kier molecular flexibility index (Phi) is 8.45. The Balaban J connectivity index is 1.58. The molecule has 0 aliphatic rings. The van der Waals surface area contributed by atoms with Crippen LogP contribution in [0.15, 0.2) is 62.6 Å². The topological polar surface area (TPSA) is 183 Å². The molecule has 6 N–H and O–H groups in total. The molecule has 2 amide bonds. The van der Waals surface area contributed by atoms with Gasteiger partial charge in [0.15, 0.2) is 17.5 Å². The number of aromatic nitrogens is 2. The average molecular weight is 547 g/mol. The third-order valence-corrected chi connectivity index (χ3v) is 5.06. The minimum absolute atomic E-state index is 0.00772. The maximum absolute atomic E-state index is 13.5. The normalized spacial score (nSPS) is 11.1. The molecule has 3 rings (SSSR count). The van der Waals surface area contributed by atoms with E-state index in [9.17, 15) is 19.1 Å². The van der Waals surface area contributed by atoms with Crippen LogP contribution in [0.5, 0.6) is 0 Å². The number of benzene rings is 2. The second-order valence-corrected chi connectivity index (χ2v) is 7.79. The minimum atomic E-state index is -1.49. The van der Waals surface area contributed by atoms with E-state index in [1.165, 1.54) is 12.1 Å². The number of aliphatic imine (C=N–C) groups is 1. The molecule has 0 spiro atoms. The molecule has 1 aromatic heterocycles. The number of nitrogens with one attached hydrogen (secondary N) is 3. The molecule has 0 radical (unpaired) electrons. The van der Waals surface area contributed by atoms with Gasteiger partial charge in [-0.15, -0.1) is 0 Å². The standard InChI is InChI=1S/C21H20BrFN8O4/c22-14-11-13(6-7-15(14)23)31(21(33)34)18(24)17-19(30-35-29-17)26-8-9-27-20(25)28-16(32)10-12-4-2-1-3-5-12/h1-7,11,24H,8-10H2,(H,26,30)(H,33,34)(H3,25,27,28,32). The van der Waals surface area contributed by atoms with E-state index in [1.807, 2.05) is 30.3 Å². The summed E-state index contributed by atoms with van der Waals surface area (Å²) in [5, 5.41) is 30.4. The Hall–Kier alpha value is -4.33. The van der Waals surface area contributed by atoms with Crippen molar-refractivity contribution >= 4 is 51.2 Å². The van der Waals surface area contributed by atoms with Gasteiger partial charge in [0.2, 0.25) is 11.7 Å². The lowest BCUT2D eigenvalue weighted by Crippen LogP contribution is -2.38. The van der Waals surface area contributed by atoms with Crippen LogP contribution in [0.25, 0.3) is 0 Å². The summed E-state index contributed by atoms with van der Waals surface area (Å²) >= 11 is 2.99. The molecular weight excluding hydrogens is 527 g/mol. The summed E-state index contributed by atoms with van der Waals surface area (Å²) in [7, 11) is 0. The van der Waals surface area contributed by atoms with Gasteiger partial charge in [0, 0.05) is 6.54 Å². The first-order chi connectivity index (χ1) is 16.8. The van der Waals surface area contributed by atoms with Crippen molar-refractivity contribution in [1.29, 1.82) is 5.41 Å². The molecule has 3 aromatic rings. The van der Waals surface area contributed by atoms with Crippen molar-refractivity contribution in [2.24, 2.45) is 10.7 Å². The zero-order valence-corrected chi connectivity index (χ0v) is 19.6. The van der Waals surface area contributed by atoms with Gasteiger partial charge in [0.05, 0.1) is 23.1 Å². The van der Waals surface area contributed by atoms with Gasteiger partial charge in [-0.2, -0.15) is 0 Å². The van der Waals surface area contributed by atoms with Gasteiger partial charge in [-0.25, -0.2) is 18.7 Å². The Morgan fingerprint density at radius 1 is 1.23 bits per heavy atom. The van der Waals surface area contributed by atoms with Gasteiger partial charge in [-0.05, 0) is 50.0 Å². The van der Waals surface area contributed by atoms with E-state index >= 15 is 0 Å². The van der Waals surface area contributed by atoms with Gasteiger partial charge in [-0.1, -0.05) is 30.3 Å². The van der Waals surface area contributed by atoms with Crippen LogP contribution in [0.1, 0.15) is 11.3 Å². The van der Waals surface area contributed by atoms with E-state index in [-0.39, 0.29) is 53.0 Å².